The van der Waals surface area contributed by atoms with Crippen molar-refractivity contribution in [2.45, 2.75) is 12.7 Å². The molecule has 0 atom stereocenters. The summed E-state index contributed by atoms with van der Waals surface area (Å²) in [5.41, 5.74) is 7.05. The van der Waals surface area contributed by atoms with Crippen molar-refractivity contribution in [1.82, 2.24) is 0 Å². The standard InChI is InChI=1S/C9H13NOS/c1-2-12-6-7-3-4-8(10)5-9(7)11/h3-5,11H,2,6,10H2,1H3. The number of thioether (sulfide) groups is 1. The van der Waals surface area contributed by atoms with Crippen LogP contribution in [0.3, 0.4) is 0 Å². The highest BCUT2D eigenvalue weighted by Crippen LogP contribution is 2.23. The average Bonchev–Trinajstić information content (AvgIpc) is 2.03. The van der Waals surface area contributed by atoms with Crippen LogP contribution in [-0.4, -0.2) is 10.9 Å². The predicted molar refractivity (Wildman–Crippen MR) is 54.4 cm³/mol. The van der Waals surface area contributed by atoms with Gasteiger partial charge in [0.1, 0.15) is 5.75 Å². The number of anilines is 1. The Morgan fingerprint density at radius 2 is 2.25 bits per heavy atom. The van der Waals surface area contributed by atoms with Crippen LogP contribution in [0.5, 0.6) is 5.75 Å². The Labute approximate surface area is 76.8 Å². The third-order valence-corrected chi connectivity index (χ3v) is 2.49. The maximum atomic E-state index is 9.42. The molecule has 2 nitrogen and oxygen atoms in total. The highest BCUT2D eigenvalue weighted by Gasteiger charge is 1.99. The summed E-state index contributed by atoms with van der Waals surface area (Å²) in [7, 11) is 0. The molecule has 0 radical (unpaired) electrons. The maximum absolute atomic E-state index is 9.42. The Morgan fingerprint density at radius 3 is 2.83 bits per heavy atom. The number of phenols is 1. The number of nitrogen functional groups attached to an aromatic ring is 1. The van der Waals surface area contributed by atoms with Gasteiger partial charge in [-0.25, -0.2) is 0 Å². The SMILES string of the molecule is CCSCc1ccc(N)cc1O. The Morgan fingerprint density at radius 1 is 1.50 bits per heavy atom. The summed E-state index contributed by atoms with van der Waals surface area (Å²) in [6, 6.07) is 5.27. The second kappa shape index (κ2) is 4.26. The smallest absolute Gasteiger partial charge is 0.121 e. The first-order valence-corrected chi connectivity index (χ1v) is 5.04. The van der Waals surface area contributed by atoms with Crippen LogP contribution in [0.25, 0.3) is 0 Å². The van der Waals surface area contributed by atoms with Crippen LogP contribution >= 0.6 is 11.8 Å². The molecule has 0 amide bonds. The van der Waals surface area contributed by atoms with E-state index in [1.165, 1.54) is 0 Å². The summed E-state index contributed by atoms with van der Waals surface area (Å²) in [6.45, 7) is 2.10. The molecule has 1 aromatic rings. The monoisotopic (exact) mass is 183 g/mol. The molecular weight excluding hydrogens is 170 g/mol. The number of rotatable bonds is 3. The Kier molecular flexibility index (Phi) is 3.29. The van der Waals surface area contributed by atoms with E-state index in [0.717, 1.165) is 17.1 Å². The Balaban J connectivity index is 2.72. The Bertz CT molecular complexity index is 263. The molecule has 1 aromatic carbocycles. The summed E-state index contributed by atoms with van der Waals surface area (Å²) in [5, 5.41) is 9.42. The zero-order valence-electron chi connectivity index (χ0n) is 7.08. The summed E-state index contributed by atoms with van der Waals surface area (Å²) in [4.78, 5) is 0. The lowest BCUT2D eigenvalue weighted by Crippen LogP contribution is -1.87. The fraction of sp³-hybridized carbons (Fsp3) is 0.333. The number of hydrogen-bond donors (Lipinski definition) is 2. The van der Waals surface area contributed by atoms with Crippen molar-refractivity contribution in [3.63, 3.8) is 0 Å². The van der Waals surface area contributed by atoms with Crippen molar-refractivity contribution in [1.29, 1.82) is 0 Å². The molecule has 3 heteroatoms. The zero-order valence-corrected chi connectivity index (χ0v) is 7.90. The van der Waals surface area contributed by atoms with Crippen molar-refractivity contribution < 1.29 is 5.11 Å². The summed E-state index contributed by atoms with van der Waals surface area (Å²) >= 11 is 1.78. The lowest BCUT2D eigenvalue weighted by molar-refractivity contribution is 0.471. The maximum Gasteiger partial charge on any atom is 0.121 e. The molecule has 0 bridgehead atoms. The van der Waals surface area contributed by atoms with Crippen molar-refractivity contribution in [3.8, 4) is 5.75 Å². The number of aromatic hydroxyl groups is 1. The molecule has 0 aliphatic heterocycles. The van der Waals surface area contributed by atoms with E-state index in [1.54, 1.807) is 17.8 Å². The summed E-state index contributed by atoms with van der Waals surface area (Å²) in [5.74, 6) is 2.21. The molecule has 0 saturated heterocycles. The van der Waals surface area contributed by atoms with Gasteiger partial charge < -0.3 is 10.8 Å². The molecule has 0 unspecified atom stereocenters. The summed E-state index contributed by atoms with van der Waals surface area (Å²) < 4.78 is 0. The molecular formula is C9H13NOS. The molecule has 0 saturated carbocycles. The molecule has 0 spiro atoms. The average molecular weight is 183 g/mol. The van der Waals surface area contributed by atoms with Crippen LogP contribution in [-0.2, 0) is 5.75 Å². The van der Waals surface area contributed by atoms with Gasteiger partial charge in [0.15, 0.2) is 0 Å². The first-order chi connectivity index (χ1) is 5.74. The van der Waals surface area contributed by atoms with Gasteiger partial charge in [-0.05, 0) is 11.8 Å². The number of phenolic OH excluding ortho intramolecular Hbond substituents is 1. The molecule has 1 rings (SSSR count). The van der Waals surface area contributed by atoms with Gasteiger partial charge in [-0.3, -0.25) is 0 Å². The third kappa shape index (κ3) is 2.34. The molecule has 66 valence electrons. The highest BCUT2D eigenvalue weighted by molar-refractivity contribution is 7.98. The first kappa shape index (κ1) is 9.26. The molecule has 0 aromatic heterocycles. The minimum absolute atomic E-state index is 0.302. The van der Waals surface area contributed by atoms with Gasteiger partial charge in [0.05, 0.1) is 0 Å². The van der Waals surface area contributed by atoms with Crippen molar-refractivity contribution >= 4 is 17.4 Å². The van der Waals surface area contributed by atoms with E-state index >= 15 is 0 Å². The quantitative estimate of drug-likeness (QED) is 0.706. The molecule has 3 N–H and O–H groups in total. The number of benzene rings is 1. The lowest BCUT2D eigenvalue weighted by Gasteiger charge is -2.03. The van der Waals surface area contributed by atoms with E-state index in [4.69, 9.17) is 5.73 Å². The van der Waals surface area contributed by atoms with Crippen molar-refractivity contribution in [3.05, 3.63) is 23.8 Å². The highest BCUT2D eigenvalue weighted by atomic mass is 32.2. The predicted octanol–water partition coefficient (Wildman–Crippen LogP) is 2.23. The largest absolute Gasteiger partial charge is 0.508 e. The van der Waals surface area contributed by atoms with Crippen LogP contribution in [0.4, 0.5) is 5.69 Å². The normalized spacial score (nSPS) is 10.1. The van der Waals surface area contributed by atoms with Crippen LogP contribution in [0.15, 0.2) is 18.2 Å². The van der Waals surface area contributed by atoms with Crippen LogP contribution < -0.4 is 5.73 Å². The van der Waals surface area contributed by atoms with Gasteiger partial charge >= 0.3 is 0 Å². The molecule has 0 heterocycles. The van der Waals surface area contributed by atoms with Gasteiger partial charge in [0.2, 0.25) is 0 Å². The van der Waals surface area contributed by atoms with Gasteiger partial charge in [0.25, 0.3) is 0 Å². The van der Waals surface area contributed by atoms with E-state index in [9.17, 15) is 5.11 Å². The fourth-order valence-corrected chi connectivity index (χ4v) is 1.58. The second-order valence-corrected chi connectivity index (χ2v) is 3.80. The first-order valence-electron chi connectivity index (χ1n) is 3.89. The third-order valence-electron chi connectivity index (χ3n) is 1.57. The van der Waals surface area contributed by atoms with E-state index in [1.807, 2.05) is 12.1 Å². The lowest BCUT2D eigenvalue weighted by atomic mass is 10.2. The Hall–Kier alpha value is -0.830. The number of nitrogens with two attached hydrogens (primary N) is 1. The minimum atomic E-state index is 0.302. The minimum Gasteiger partial charge on any atom is -0.508 e. The zero-order chi connectivity index (χ0) is 8.97. The van der Waals surface area contributed by atoms with Gasteiger partial charge in [-0.1, -0.05) is 13.0 Å². The van der Waals surface area contributed by atoms with E-state index in [-0.39, 0.29) is 0 Å². The topological polar surface area (TPSA) is 46.2 Å². The van der Waals surface area contributed by atoms with Crippen molar-refractivity contribution in [2.24, 2.45) is 0 Å². The molecule has 0 fully saturated rings. The van der Waals surface area contributed by atoms with Crippen LogP contribution in [0.1, 0.15) is 12.5 Å². The van der Waals surface area contributed by atoms with E-state index in [0.29, 0.717) is 11.4 Å². The van der Waals surface area contributed by atoms with Crippen molar-refractivity contribution in [2.75, 3.05) is 11.5 Å². The van der Waals surface area contributed by atoms with Gasteiger partial charge in [-0.15, -0.1) is 0 Å². The summed E-state index contributed by atoms with van der Waals surface area (Å²) in [6.07, 6.45) is 0. The molecule has 12 heavy (non-hydrogen) atoms. The van der Waals surface area contributed by atoms with Crippen LogP contribution in [0.2, 0.25) is 0 Å². The van der Waals surface area contributed by atoms with E-state index < -0.39 is 0 Å². The fourth-order valence-electron chi connectivity index (χ4n) is 0.915. The van der Waals surface area contributed by atoms with E-state index in [2.05, 4.69) is 6.92 Å². The molecule has 0 aliphatic rings. The van der Waals surface area contributed by atoms with Gasteiger partial charge in [-0.2, -0.15) is 11.8 Å². The second-order valence-electron chi connectivity index (χ2n) is 2.53. The molecule has 0 aliphatic carbocycles. The number of hydrogen-bond acceptors (Lipinski definition) is 3. The van der Waals surface area contributed by atoms with Gasteiger partial charge in [0, 0.05) is 23.1 Å². The van der Waals surface area contributed by atoms with Crippen LogP contribution in [0, 0.1) is 0 Å².